The number of hydrogen-bond acceptors (Lipinski definition) is 5. The molecule has 29 heavy (non-hydrogen) atoms. The summed E-state index contributed by atoms with van der Waals surface area (Å²) in [5.41, 5.74) is 1.34. The van der Waals surface area contributed by atoms with Gasteiger partial charge >= 0.3 is 0 Å². The molecule has 2 aliphatic heterocycles. The molecule has 0 saturated carbocycles. The topological polar surface area (TPSA) is 61.6 Å². The Bertz CT molecular complexity index is 742. The Hall–Kier alpha value is -2.18. The summed E-state index contributed by atoms with van der Waals surface area (Å²) in [6, 6.07) is 8.66. The van der Waals surface area contributed by atoms with Crippen molar-refractivity contribution in [3.05, 3.63) is 54.2 Å². The van der Waals surface area contributed by atoms with Crippen molar-refractivity contribution in [3.8, 4) is 0 Å². The monoisotopic (exact) mass is 396 g/mol. The van der Waals surface area contributed by atoms with Crippen LogP contribution in [0.2, 0.25) is 0 Å². The molecule has 2 aromatic heterocycles. The predicted molar refractivity (Wildman–Crippen MR) is 112 cm³/mol. The number of rotatable bonds is 7. The molecule has 2 aromatic rings. The minimum atomic E-state index is 0.121. The largest absolute Gasteiger partial charge is 0.469 e. The normalized spacial score (nSPS) is 21.9. The molecular weight excluding hydrogens is 364 g/mol. The average molecular weight is 397 g/mol. The van der Waals surface area contributed by atoms with E-state index in [9.17, 15) is 4.79 Å². The molecule has 0 aromatic carbocycles. The highest BCUT2D eigenvalue weighted by molar-refractivity contribution is 5.78. The zero-order valence-corrected chi connectivity index (χ0v) is 17.1. The minimum Gasteiger partial charge on any atom is -0.469 e. The lowest BCUT2D eigenvalue weighted by molar-refractivity contribution is -0.127. The van der Waals surface area contributed by atoms with Gasteiger partial charge in [-0.25, -0.2) is 0 Å². The number of carbonyl (C=O) groups excluding carboxylic acids is 1. The zero-order valence-electron chi connectivity index (χ0n) is 17.1. The van der Waals surface area contributed by atoms with E-state index in [1.54, 1.807) is 6.26 Å². The summed E-state index contributed by atoms with van der Waals surface area (Å²) >= 11 is 0. The highest BCUT2D eigenvalue weighted by Crippen LogP contribution is 2.24. The summed E-state index contributed by atoms with van der Waals surface area (Å²) < 4.78 is 5.34. The first-order valence-corrected chi connectivity index (χ1v) is 10.9. The van der Waals surface area contributed by atoms with Crippen LogP contribution in [0.25, 0.3) is 0 Å². The lowest BCUT2D eigenvalue weighted by Crippen LogP contribution is -2.50. The van der Waals surface area contributed by atoms with Crippen molar-refractivity contribution in [2.75, 3.05) is 32.7 Å². The summed E-state index contributed by atoms with van der Waals surface area (Å²) in [5.74, 6) is 1.25. The van der Waals surface area contributed by atoms with Gasteiger partial charge in [-0.2, -0.15) is 0 Å². The van der Waals surface area contributed by atoms with E-state index in [4.69, 9.17) is 4.42 Å². The number of hydrogen-bond donors (Lipinski definition) is 1. The summed E-state index contributed by atoms with van der Waals surface area (Å²) in [6.07, 6.45) is 10.7. The van der Waals surface area contributed by atoms with Gasteiger partial charge in [0.1, 0.15) is 5.76 Å². The Balaban J connectivity index is 1.20. The fraction of sp³-hybridized carbons (Fsp3) is 0.565. The molecule has 1 atom stereocenters. The predicted octanol–water partition coefficient (Wildman–Crippen LogP) is 2.71. The number of nitrogens with zero attached hydrogens (tertiary/aromatic N) is 3. The number of likely N-dealkylation sites (tertiary alicyclic amines) is 2. The highest BCUT2D eigenvalue weighted by Gasteiger charge is 2.31. The second-order valence-corrected chi connectivity index (χ2v) is 8.32. The van der Waals surface area contributed by atoms with E-state index < -0.39 is 0 Å². The first-order valence-electron chi connectivity index (χ1n) is 10.9. The number of aromatic nitrogens is 1. The molecule has 156 valence electrons. The second kappa shape index (κ2) is 10.0. The SMILES string of the molecule is O=C(NCCc1ccco1)[C@H]1CCCN(C2CCN(Cc3ccncc3)CC2)C1. The molecule has 2 fully saturated rings. The summed E-state index contributed by atoms with van der Waals surface area (Å²) in [6.45, 7) is 5.95. The van der Waals surface area contributed by atoms with Crippen molar-refractivity contribution in [2.45, 2.75) is 44.7 Å². The Labute approximate surface area is 173 Å². The van der Waals surface area contributed by atoms with Crippen LogP contribution in [-0.2, 0) is 17.8 Å². The quantitative estimate of drug-likeness (QED) is 0.780. The Morgan fingerprint density at radius 1 is 1.14 bits per heavy atom. The van der Waals surface area contributed by atoms with Gasteiger partial charge in [-0.05, 0) is 75.1 Å². The molecule has 2 aliphatic rings. The van der Waals surface area contributed by atoms with E-state index in [2.05, 4.69) is 32.2 Å². The van der Waals surface area contributed by atoms with Gasteiger partial charge in [-0.3, -0.25) is 19.6 Å². The third kappa shape index (κ3) is 5.67. The standard InChI is InChI=1S/C23H32N4O2/c28-23(25-12-7-22-4-2-16-29-22)20-3-1-13-27(18-20)21-8-14-26(15-9-21)17-19-5-10-24-11-6-19/h2,4-6,10-11,16,20-21H,1,3,7-9,12-15,17-18H2,(H,25,28)/t20-/m0/s1. The van der Waals surface area contributed by atoms with Crippen molar-refractivity contribution in [1.82, 2.24) is 20.1 Å². The van der Waals surface area contributed by atoms with E-state index in [-0.39, 0.29) is 11.8 Å². The van der Waals surface area contributed by atoms with Crippen LogP contribution in [0, 0.1) is 5.92 Å². The van der Waals surface area contributed by atoms with Crippen molar-refractivity contribution in [2.24, 2.45) is 5.92 Å². The maximum atomic E-state index is 12.6. The fourth-order valence-electron chi connectivity index (χ4n) is 4.65. The van der Waals surface area contributed by atoms with E-state index >= 15 is 0 Å². The third-order valence-electron chi connectivity index (χ3n) is 6.30. The number of pyridine rings is 1. The molecule has 0 bridgehead atoms. The van der Waals surface area contributed by atoms with Crippen LogP contribution >= 0.6 is 0 Å². The molecule has 0 radical (unpaired) electrons. The van der Waals surface area contributed by atoms with Crippen LogP contribution in [0.3, 0.4) is 0 Å². The van der Waals surface area contributed by atoms with Crippen molar-refractivity contribution in [3.63, 3.8) is 0 Å². The van der Waals surface area contributed by atoms with Crippen molar-refractivity contribution >= 4 is 5.91 Å². The first-order chi connectivity index (χ1) is 14.3. The maximum absolute atomic E-state index is 12.6. The van der Waals surface area contributed by atoms with Gasteiger partial charge in [0.05, 0.1) is 12.2 Å². The number of furan rings is 1. The molecule has 4 rings (SSSR count). The average Bonchev–Trinajstić information content (AvgIpc) is 3.29. The molecule has 2 saturated heterocycles. The van der Waals surface area contributed by atoms with Crippen molar-refractivity contribution in [1.29, 1.82) is 0 Å². The van der Waals surface area contributed by atoms with Gasteiger partial charge in [0.15, 0.2) is 0 Å². The number of piperidine rings is 2. The zero-order chi connectivity index (χ0) is 19.9. The van der Waals surface area contributed by atoms with E-state index in [0.29, 0.717) is 12.6 Å². The van der Waals surface area contributed by atoms with Crippen LogP contribution < -0.4 is 5.32 Å². The van der Waals surface area contributed by atoms with E-state index in [1.807, 2.05) is 24.5 Å². The summed E-state index contributed by atoms with van der Waals surface area (Å²) in [5, 5.41) is 3.11. The Kier molecular flexibility index (Phi) is 6.96. The molecule has 1 N–H and O–H groups in total. The van der Waals surface area contributed by atoms with Gasteiger partial charge in [0, 0.05) is 44.5 Å². The molecule has 0 spiro atoms. The van der Waals surface area contributed by atoms with Crippen LogP contribution in [0.4, 0.5) is 0 Å². The highest BCUT2D eigenvalue weighted by atomic mass is 16.3. The van der Waals surface area contributed by atoms with Crippen LogP contribution in [-0.4, -0.2) is 59.5 Å². The molecule has 6 nitrogen and oxygen atoms in total. The molecule has 6 heteroatoms. The van der Waals surface area contributed by atoms with Gasteiger partial charge in [-0.15, -0.1) is 0 Å². The maximum Gasteiger partial charge on any atom is 0.224 e. The van der Waals surface area contributed by atoms with Crippen LogP contribution in [0.5, 0.6) is 0 Å². The van der Waals surface area contributed by atoms with Gasteiger partial charge in [0.2, 0.25) is 5.91 Å². The lowest BCUT2D eigenvalue weighted by Gasteiger charge is -2.42. The van der Waals surface area contributed by atoms with Gasteiger partial charge in [0.25, 0.3) is 0 Å². The smallest absolute Gasteiger partial charge is 0.224 e. The number of carbonyl (C=O) groups is 1. The van der Waals surface area contributed by atoms with Gasteiger partial charge < -0.3 is 9.73 Å². The van der Waals surface area contributed by atoms with E-state index in [1.165, 1.54) is 18.4 Å². The minimum absolute atomic E-state index is 0.121. The lowest BCUT2D eigenvalue weighted by atomic mass is 9.93. The fourth-order valence-corrected chi connectivity index (χ4v) is 4.65. The molecule has 0 aliphatic carbocycles. The summed E-state index contributed by atoms with van der Waals surface area (Å²) in [4.78, 5) is 21.8. The molecular formula is C23H32N4O2. The summed E-state index contributed by atoms with van der Waals surface area (Å²) in [7, 11) is 0. The third-order valence-corrected chi connectivity index (χ3v) is 6.30. The number of nitrogens with one attached hydrogen (secondary N) is 1. The second-order valence-electron chi connectivity index (χ2n) is 8.32. The molecule has 0 unspecified atom stereocenters. The Morgan fingerprint density at radius 2 is 1.97 bits per heavy atom. The molecule has 1 amide bonds. The number of amides is 1. The Morgan fingerprint density at radius 3 is 2.72 bits per heavy atom. The van der Waals surface area contributed by atoms with Crippen molar-refractivity contribution < 1.29 is 9.21 Å². The first kappa shape index (κ1) is 20.1. The van der Waals surface area contributed by atoms with E-state index in [0.717, 1.165) is 57.7 Å². The van der Waals surface area contributed by atoms with Crippen LogP contribution in [0.1, 0.15) is 37.0 Å². The van der Waals surface area contributed by atoms with Gasteiger partial charge in [-0.1, -0.05) is 0 Å². The molecule has 4 heterocycles. The van der Waals surface area contributed by atoms with Crippen LogP contribution in [0.15, 0.2) is 47.3 Å².